The van der Waals surface area contributed by atoms with Crippen LogP contribution < -0.4 is 42.0 Å². The Labute approximate surface area is 88.7 Å². The zero-order chi connectivity index (χ0) is 6.41. The van der Waals surface area contributed by atoms with E-state index >= 15 is 0 Å². The van der Waals surface area contributed by atoms with Crippen molar-refractivity contribution in [2.24, 2.45) is 0 Å². The first-order valence-corrected chi connectivity index (χ1v) is 2.29. The maximum Gasteiger partial charge on any atom is 1.00 e. The maximum absolute atomic E-state index is 9.75. The zero-order valence-corrected chi connectivity index (χ0v) is 8.80. The molecule has 0 aliphatic rings. The molecule has 0 bridgehead atoms. The molecule has 2 nitrogen and oxygen atoms in total. The van der Waals surface area contributed by atoms with E-state index in [-0.39, 0.29) is 42.0 Å². The van der Waals surface area contributed by atoms with Gasteiger partial charge in [-0.15, -0.1) is 0 Å². The number of aliphatic carboxylic acids is 1. The summed E-state index contributed by atoms with van der Waals surface area (Å²) in [6.07, 6.45) is 5.98. The van der Waals surface area contributed by atoms with Crippen molar-refractivity contribution in [3.63, 3.8) is 0 Å². The third kappa shape index (κ3) is 15.7. The number of hydrogen-bond donors (Lipinski definition) is 1. The monoisotopic (exact) mass is 170 g/mol. The van der Waals surface area contributed by atoms with Gasteiger partial charge in [0.2, 0.25) is 0 Å². The summed E-state index contributed by atoms with van der Waals surface area (Å²) in [5, 5.41) is 8.02. The number of halogens is 1. The second-order valence-electron chi connectivity index (χ2n) is 1.22. The molecule has 0 spiro atoms. The van der Waals surface area contributed by atoms with E-state index in [9.17, 15) is 4.79 Å². The van der Waals surface area contributed by atoms with Crippen LogP contribution in [0.5, 0.6) is 0 Å². The molecule has 0 aromatic carbocycles. The van der Waals surface area contributed by atoms with E-state index in [1.165, 1.54) is 6.08 Å². The second-order valence-corrected chi connectivity index (χ2v) is 1.22. The Hall–Kier alpha value is 0.240. The van der Waals surface area contributed by atoms with Gasteiger partial charge in [0.15, 0.2) is 0 Å². The van der Waals surface area contributed by atoms with Gasteiger partial charge in [0.1, 0.15) is 0 Å². The number of rotatable bonds is 2. The third-order valence-corrected chi connectivity index (χ3v) is 0.542. The smallest absolute Gasteiger partial charge is 1.00 e. The molecule has 0 saturated carbocycles. The van der Waals surface area contributed by atoms with Crippen molar-refractivity contribution in [1.82, 2.24) is 0 Å². The van der Waals surface area contributed by atoms with Crippen LogP contribution in [0, 0.1) is 0 Å². The van der Waals surface area contributed by atoms with Gasteiger partial charge in [-0.1, -0.05) is 18.2 Å². The van der Waals surface area contributed by atoms with Gasteiger partial charge in [-0.05, 0) is 6.92 Å². The van der Waals surface area contributed by atoms with Gasteiger partial charge >= 0.3 is 35.5 Å². The fourth-order valence-electron chi connectivity index (χ4n) is 0.249. The number of carboxylic acid groups (broad SMARTS) is 1. The Morgan fingerprint density at radius 1 is 1.40 bits per heavy atom. The van der Waals surface area contributed by atoms with Crippen molar-refractivity contribution >= 4 is 5.97 Å². The largest absolute Gasteiger partial charge is 1.00 e. The Morgan fingerprint density at radius 3 is 2.20 bits per heavy atom. The Bertz CT molecular complexity index is 132. The number of carboxylic acids is 1. The van der Waals surface area contributed by atoms with Crippen LogP contribution in [-0.4, -0.2) is 11.1 Å². The Morgan fingerprint density at radius 2 is 1.90 bits per heavy atom. The van der Waals surface area contributed by atoms with Crippen LogP contribution in [0.15, 0.2) is 24.3 Å². The predicted molar refractivity (Wildman–Crippen MR) is 31.6 cm³/mol. The minimum Gasteiger partial charge on any atom is -1.00 e. The molecule has 0 aliphatic heterocycles. The number of carbonyl (C=O) groups is 1. The first kappa shape index (κ1) is 16.7. The summed E-state index contributed by atoms with van der Waals surface area (Å²) in [4.78, 5) is 9.75. The van der Waals surface area contributed by atoms with Crippen molar-refractivity contribution in [2.45, 2.75) is 6.92 Å². The molecular formula is C6H8ClNaO2. The van der Waals surface area contributed by atoms with Crippen LogP contribution in [0.3, 0.4) is 0 Å². The average Bonchev–Trinajstić information content (AvgIpc) is 1.66. The molecular weight excluding hydrogens is 163 g/mol. The fraction of sp³-hybridized carbons (Fsp3) is 0.167. The summed E-state index contributed by atoms with van der Waals surface area (Å²) in [5.41, 5.74) is 0. The van der Waals surface area contributed by atoms with E-state index in [1.54, 1.807) is 12.2 Å². The summed E-state index contributed by atoms with van der Waals surface area (Å²) >= 11 is 0. The maximum atomic E-state index is 9.75. The van der Waals surface area contributed by atoms with E-state index in [2.05, 4.69) is 0 Å². The molecule has 10 heavy (non-hydrogen) atoms. The van der Waals surface area contributed by atoms with E-state index in [1.807, 2.05) is 6.92 Å². The van der Waals surface area contributed by atoms with Crippen LogP contribution in [0.25, 0.3) is 0 Å². The van der Waals surface area contributed by atoms with E-state index in [4.69, 9.17) is 5.11 Å². The molecule has 52 valence electrons. The van der Waals surface area contributed by atoms with Crippen LogP contribution in [-0.2, 0) is 4.79 Å². The molecule has 0 saturated heterocycles. The SMILES string of the molecule is C/C=C/C=C/C(=O)O.[Cl-].[Na+]. The van der Waals surface area contributed by atoms with Crippen molar-refractivity contribution in [3.8, 4) is 0 Å². The molecule has 1 N–H and O–H groups in total. The summed E-state index contributed by atoms with van der Waals surface area (Å²) in [6, 6.07) is 0. The molecule has 0 aromatic heterocycles. The molecule has 4 heteroatoms. The van der Waals surface area contributed by atoms with Crippen LogP contribution >= 0.6 is 0 Å². The third-order valence-electron chi connectivity index (χ3n) is 0.542. The van der Waals surface area contributed by atoms with E-state index in [0.717, 1.165) is 6.08 Å². The second kappa shape index (κ2) is 12.0. The normalized spacial score (nSPS) is 8.90. The van der Waals surface area contributed by atoms with Gasteiger partial charge < -0.3 is 17.5 Å². The van der Waals surface area contributed by atoms with Crippen LogP contribution in [0.1, 0.15) is 6.92 Å². The Kier molecular flexibility index (Phi) is 20.0. The summed E-state index contributed by atoms with van der Waals surface area (Å²) in [5.74, 6) is -0.914. The minimum absolute atomic E-state index is 0. The molecule has 0 atom stereocenters. The first-order valence-electron chi connectivity index (χ1n) is 2.29. The minimum atomic E-state index is -0.914. The predicted octanol–water partition coefficient (Wildman–Crippen LogP) is -4.79. The number of hydrogen-bond acceptors (Lipinski definition) is 1. The average molecular weight is 171 g/mol. The standard InChI is InChI=1S/C6H8O2.ClH.Na/c1-2-3-4-5-6(7)8;;/h2-5H,1H3,(H,7,8);1H;/q;;+1/p-1/b3-2+,5-4+;;. The van der Waals surface area contributed by atoms with Crippen LogP contribution in [0.4, 0.5) is 0 Å². The molecule has 0 rings (SSSR count). The molecule has 0 unspecified atom stereocenters. The molecule has 0 aromatic rings. The molecule has 0 heterocycles. The quantitative estimate of drug-likeness (QED) is 0.257. The molecule has 0 aliphatic carbocycles. The van der Waals surface area contributed by atoms with Gasteiger partial charge in [-0.3, -0.25) is 0 Å². The van der Waals surface area contributed by atoms with Gasteiger partial charge in [0.25, 0.3) is 0 Å². The van der Waals surface area contributed by atoms with Gasteiger partial charge in [-0.2, -0.15) is 0 Å². The fourth-order valence-corrected chi connectivity index (χ4v) is 0.249. The van der Waals surface area contributed by atoms with Crippen molar-refractivity contribution < 1.29 is 51.9 Å². The molecule has 0 fully saturated rings. The van der Waals surface area contributed by atoms with Gasteiger partial charge in [-0.25, -0.2) is 4.79 Å². The van der Waals surface area contributed by atoms with Crippen molar-refractivity contribution in [3.05, 3.63) is 24.3 Å². The summed E-state index contributed by atoms with van der Waals surface area (Å²) < 4.78 is 0. The van der Waals surface area contributed by atoms with Gasteiger partial charge in [0, 0.05) is 6.08 Å². The Balaban J connectivity index is -0.000000245. The zero-order valence-electron chi connectivity index (χ0n) is 6.04. The molecule has 0 amide bonds. The van der Waals surface area contributed by atoms with Crippen molar-refractivity contribution in [1.29, 1.82) is 0 Å². The topological polar surface area (TPSA) is 37.3 Å². The first-order chi connectivity index (χ1) is 3.77. The van der Waals surface area contributed by atoms with Gasteiger partial charge in [0.05, 0.1) is 0 Å². The van der Waals surface area contributed by atoms with Crippen LogP contribution in [0.2, 0.25) is 0 Å². The van der Waals surface area contributed by atoms with E-state index < -0.39 is 5.97 Å². The van der Waals surface area contributed by atoms with Crippen molar-refractivity contribution in [2.75, 3.05) is 0 Å². The summed E-state index contributed by atoms with van der Waals surface area (Å²) in [7, 11) is 0. The summed E-state index contributed by atoms with van der Waals surface area (Å²) in [6.45, 7) is 1.83. The number of allylic oxidation sites excluding steroid dienone is 3. The van der Waals surface area contributed by atoms with E-state index in [0.29, 0.717) is 0 Å². The molecule has 0 radical (unpaired) electrons.